The Bertz CT molecular complexity index is 915. The molecule has 32 heavy (non-hydrogen) atoms. The van der Waals surface area contributed by atoms with Gasteiger partial charge >= 0.3 is 0 Å². The number of piperazine rings is 1. The quantitative estimate of drug-likeness (QED) is 0.637. The molecule has 1 aromatic carbocycles. The molecule has 0 spiro atoms. The number of oxazole rings is 1. The molecular weight excluding hydrogens is 409 g/mol. The minimum absolute atomic E-state index is 0.0324. The van der Waals surface area contributed by atoms with Crippen molar-refractivity contribution in [3.63, 3.8) is 0 Å². The first-order valence-electron chi connectivity index (χ1n) is 11.9. The van der Waals surface area contributed by atoms with E-state index in [4.69, 9.17) is 4.42 Å². The van der Waals surface area contributed by atoms with Gasteiger partial charge in [-0.05, 0) is 24.5 Å². The molecule has 6 nitrogen and oxygen atoms in total. The molecule has 0 bridgehead atoms. The fourth-order valence-corrected chi connectivity index (χ4v) is 4.75. The zero-order chi connectivity index (χ0) is 22.3. The normalized spacial score (nSPS) is 17.5. The Labute approximate surface area is 188 Å². The fourth-order valence-electron chi connectivity index (χ4n) is 4.75. The third-order valence-corrected chi connectivity index (χ3v) is 6.72. The summed E-state index contributed by atoms with van der Waals surface area (Å²) in [4.78, 5) is 33.1. The van der Waals surface area contributed by atoms with Gasteiger partial charge < -0.3 is 14.2 Å². The van der Waals surface area contributed by atoms with Gasteiger partial charge in [-0.2, -0.15) is 0 Å². The topological polar surface area (TPSA) is 66.7 Å². The van der Waals surface area contributed by atoms with Crippen LogP contribution >= 0.6 is 0 Å². The highest BCUT2D eigenvalue weighted by Gasteiger charge is 2.25. The molecule has 0 atom stereocenters. The molecule has 4 rings (SSSR count). The molecule has 172 valence electrons. The third-order valence-electron chi connectivity index (χ3n) is 6.72. The predicted octanol–water partition coefficient (Wildman–Crippen LogP) is 4.44. The number of amides is 2. The van der Waals surface area contributed by atoms with E-state index in [1.54, 1.807) is 18.2 Å². The van der Waals surface area contributed by atoms with E-state index >= 15 is 0 Å². The minimum atomic E-state index is -0.363. The highest BCUT2D eigenvalue weighted by Crippen LogP contribution is 2.27. The van der Waals surface area contributed by atoms with Crippen LogP contribution in [0.1, 0.15) is 57.3 Å². The highest BCUT2D eigenvalue weighted by molar-refractivity contribution is 5.78. The fraction of sp³-hybridized carbons (Fsp3) is 0.560. The first-order chi connectivity index (χ1) is 15.6. The Hall–Kier alpha value is -2.70. The van der Waals surface area contributed by atoms with Crippen LogP contribution in [0.3, 0.4) is 0 Å². The van der Waals surface area contributed by atoms with Crippen molar-refractivity contribution in [3.05, 3.63) is 42.2 Å². The zero-order valence-electron chi connectivity index (χ0n) is 18.6. The molecule has 0 unspecified atom stereocenters. The summed E-state index contributed by atoms with van der Waals surface area (Å²) in [5, 5.41) is 0. The summed E-state index contributed by atoms with van der Waals surface area (Å²) in [6, 6.07) is 6.38. The van der Waals surface area contributed by atoms with Crippen LogP contribution in [0.5, 0.6) is 0 Å². The maximum Gasteiger partial charge on any atom is 0.223 e. The summed E-state index contributed by atoms with van der Waals surface area (Å²) in [6.07, 6.45) is 10.3. The van der Waals surface area contributed by atoms with Crippen molar-refractivity contribution in [1.82, 2.24) is 14.8 Å². The largest absolute Gasteiger partial charge is 0.441 e. The predicted molar refractivity (Wildman–Crippen MR) is 119 cm³/mol. The van der Waals surface area contributed by atoms with Gasteiger partial charge in [0, 0.05) is 45.4 Å². The van der Waals surface area contributed by atoms with Crippen molar-refractivity contribution >= 4 is 11.8 Å². The maximum atomic E-state index is 13.9. The number of rotatable bonds is 7. The molecule has 7 heteroatoms. The van der Waals surface area contributed by atoms with Crippen LogP contribution in [-0.4, -0.2) is 52.8 Å². The molecule has 2 heterocycles. The number of aromatic nitrogens is 1. The van der Waals surface area contributed by atoms with Crippen molar-refractivity contribution in [2.75, 3.05) is 26.2 Å². The van der Waals surface area contributed by atoms with E-state index in [2.05, 4.69) is 4.98 Å². The lowest BCUT2D eigenvalue weighted by Gasteiger charge is -2.35. The Morgan fingerprint density at radius 3 is 2.31 bits per heavy atom. The van der Waals surface area contributed by atoms with Gasteiger partial charge in [-0.25, -0.2) is 9.37 Å². The summed E-state index contributed by atoms with van der Waals surface area (Å²) in [5.41, 5.74) is 0.363. The second kappa shape index (κ2) is 10.7. The lowest BCUT2D eigenvalue weighted by Crippen LogP contribution is -2.50. The van der Waals surface area contributed by atoms with E-state index in [1.165, 1.54) is 44.4 Å². The summed E-state index contributed by atoms with van der Waals surface area (Å²) < 4.78 is 19.5. The summed E-state index contributed by atoms with van der Waals surface area (Å²) in [7, 11) is 0. The lowest BCUT2D eigenvalue weighted by atomic mass is 9.86. The van der Waals surface area contributed by atoms with Gasteiger partial charge in [0.15, 0.2) is 11.7 Å². The standard InChI is InChI=1S/C25H32FN3O3/c26-21-9-5-4-8-20(21)22-18-27-23(32-22)11-13-25(31)29-16-14-28(15-17-29)24(30)12-10-19-6-2-1-3-7-19/h4-5,8-9,18-19H,1-3,6-7,10-17H2. The van der Waals surface area contributed by atoms with E-state index < -0.39 is 0 Å². The Kier molecular flexibility index (Phi) is 7.55. The second-order valence-electron chi connectivity index (χ2n) is 8.90. The van der Waals surface area contributed by atoms with Crippen LogP contribution in [0.15, 0.2) is 34.9 Å². The van der Waals surface area contributed by atoms with Crippen molar-refractivity contribution in [1.29, 1.82) is 0 Å². The molecule has 1 aliphatic carbocycles. The van der Waals surface area contributed by atoms with Crippen molar-refractivity contribution in [3.8, 4) is 11.3 Å². The number of carbonyl (C=O) groups is 2. The van der Waals surface area contributed by atoms with Gasteiger partial charge in [0.2, 0.25) is 11.8 Å². The van der Waals surface area contributed by atoms with Gasteiger partial charge in [-0.1, -0.05) is 44.2 Å². The van der Waals surface area contributed by atoms with Gasteiger partial charge in [-0.15, -0.1) is 0 Å². The summed E-state index contributed by atoms with van der Waals surface area (Å²) in [6.45, 7) is 2.34. The highest BCUT2D eigenvalue weighted by atomic mass is 19.1. The maximum absolute atomic E-state index is 13.9. The smallest absolute Gasteiger partial charge is 0.223 e. The van der Waals surface area contributed by atoms with E-state index in [0.717, 1.165) is 6.42 Å². The molecule has 0 N–H and O–H groups in total. The molecule has 0 radical (unpaired) electrons. The lowest BCUT2D eigenvalue weighted by molar-refractivity contribution is -0.139. The number of carbonyl (C=O) groups excluding carboxylic acids is 2. The monoisotopic (exact) mass is 441 g/mol. The first kappa shape index (κ1) is 22.5. The SMILES string of the molecule is O=C(CCc1ncc(-c2ccccc2F)o1)N1CCN(C(=O)CCC2CCCCC2)CC1. The van der Waals surface area contributed by atoms with Gasteiger partial charge in [-0.3, -0.25) is 9.59 Å². The van der Waals surface area contributed by atoms with Crippen LogP contribution in [0.4, 0.5) is 4.39 Å². The van der Waals surface area contributed by atoms with Crippen molar-refractivity contribution in [2.24, 2.45) is 5.92 Å². The molecule has 1 aliphatic heterocycles. The van der Waals surface area contributed by atoms with E-state index in [9.17, 15) is 14.0 Å². The van der Waals surface area contributed by atoms with E-state index in [1.807, 2.05) is 9.80 Å². The molecule has 2 amide bonds. The van der Waals surface area contributed by atoms with Crippen molar-refractivity contribution in [2.45, 2.75) is 57.8 Å². The van der Waals surface area contributed by atoms with Crippen LogP contribution in [0.25, 0.3) is 11.3 Å². The average molecular weight is 442 g/mol. The minimum Gasteiger partial charge on any atom is -0.441 e. The van der Waals surface area contributed by atoms with Gasteiger partial charge in [0.25, 0.3) is 0 Å². The summed E-state index contributed by atoms with van der Waals surface area (Å²) in [5.74, 6) is 1.40. The summed E-state index contributed by atoms with van der Waals surface area (Å²) >= 11 is 0. The number of aryl methyl sites for hydroxylation is 1. The van der Waals surface area contributed by atoms with Crippen LogP contribution in [0.2, 0.25) is 0 Å². The van der Waals surface area contributed by atoms with E-state index in [0.29, 0.717) is 62.2 Å². The molecule has 1 saturated heterocycles. The third kappa shape index (κ3) is 5.75. The van der Waals surface area contributed by atoms with Crippen LogP contribution in [0, 0.1) is 11.7 Å². The Morgan fingerprint density at radius 2 is 1.62 bits per heavy atom. The molecule has 2 aliphatic rings. The number of hydrogen-bond donors (Lipinski definition) is 0. The molecule has 1 saturated carbocycles. The molecular formula is C25H32FN3O3. The molecule has 2 aromatic rings. The van der Waals surface area contributed by atoms with Crippen LogP contribution in [-0.2, 0) is 16.0 Å². The average Bonchev–Trinajstić information content (AvgIpc) is 3.31. The van der Waals surface area contributed by atoms with E-state index in [-0.39, 0.29) is 24.1 Å². The number of nitrogens with zero attached hydrogens (tertiary/aromatic N) is 3. The molecule has 2 fully saturated rings. The Morgan fingerprint density at radius 1 is 0.969 bits per heavy atom. The van der Waals surface area contributed by atoms with Gasteiger partial charge in [0.1, 0.15) is 5.82 Å². The number of benzene rings is 1. The second-order valence-corrected chi connectivity index (χ2v) is 8.90. The van der Waals surface area contributed by atoms with Gasteiger partial charge in [0.05, 0.1) is 11.8 Å². The first-order valence-corrected chi connectivity index (χ1v) is 11.9. The van der Waals surface area contributed by atoms with Crippen LogP contribution < -0.4 is 0 Å². The number of halogens is 1. The zero-order valence-corrected chi connectivity index (χ0v) is 18.6. The number of hydrogen-bond acceptors (Lipinski definition) is 4. The molecule has 1 aromatic heterocycles. The van der Waals surface area contributed by atoms with Crippen molar-refractivity contribution < 1.29 is 18.4 Å². The Balaban J connectivity index is 1.19.